The van der Waals surface area contributed by atoms with E-state index < -0.39 is 0 Å². The van der Waals surface area contributed by atoms with Gasteiger partial charge < -0.3 is 4.57 Å². The van der Waals surface area contributed by atoms with Crippen LogP contribution in [-0.2, 0) is 0 Å². The topological polar surface area (TPSA) is 4.93 Å². The fraction of sp³-hybridized carbons (Fsp3) is 0. The lowest BCUT2D eigenvalue weighted by Gasteiger charge is -2.12. The molecule has 258 valence electrons. The van der Waals surface area contributed by atoms with Crippen molar-refractivity contribution in [3.8, 4) is 72.4 Å². The summed E-state index contributed by atoms with van der Waals surface area (Å²) in [4.78, 5) is 0. The second-order valence-corrected chi connectivity index (χ2v) is 13.5. The van der Waals surface area contributed by atoms with Crippen molar-refractivity contribution in [2.45, 2.75) is 0 Å². The number of aromatic nitrogens is 1. The molecule has 0 saturated heterocycles. The van der Waals surface area contributed by atoms with E-state index >= 15 is 0 Å². The SMILES string of the molecule is [2H]c1cc([2H])cc(-c2cc(-c3cc([2H])cc([2H])c3)cc(-c3ccc4c(c3)c3cc(-c5cc(-c6cc([2H])cc([2H])c6)cc(-c6cc([2H])cc([2H])c6)c5)ccc3n4-c3ccccc3[2H])c2)c1. The lowest BCUT2D eigenvalue weighted by molar-refractivity contribution is 1.18. The van der Waals surface area contributed by atoms with Crippen molar-refractivity contribution in [2.24, 2.45) is 0 Å². The minimum absolute atomic E-state index is 0.227. The highest BCUT2D eigenvalue weighted by Gasteiger charge is 2.16. The van der Waals surface area contributed by atoms with Gasteiger partial charge in [0, 0.05) is 16.5 Å². The lowest BCUT2D eigenvalue weighted by Crippen LogP contribution is -1.93. The van der Waals surface area contributed by atoms with Crippen molar-refractivity contribution < 1.29 is 12.3 Å². The lowest BCUT2D eigenvalue weighted by atomic mass is 9.92. The number of benzene rings is 9. The van der Waals surface area contributed by atoms with Crippen LogP contribution in [0.4, 0.5) is 0 Å². The van der Waals surface area contributed by atoms with Crippen LogP contribution in [0.15, 0.2) is 224 Å². The van der Waals surface area contributed by atoms with Gasteiger partial charge in [-0.25, -0.2) is 0 Å². The quantitative estimate of drug-likeness (QED) is 0.155. The summed E-state index contributed by atoms with van der Waals surface area (Å²) in [6.45, 7) is 0. The molecule has 0 unspecified atom stereocenters. The standard InChI is InChI=1S/C54H37N/c1-6-16-38(17-7-1)44-30-45(39-18-8-2-9-19-39)33-48(32-44)42-26-28-53-51(36-42)52-37-43(27-29-54(52)55(53)50-24-14-5-15-25-50)49-34-46(40-20-10-3-11-21-40)31-47(35-49)41-22-12-4-13-23-41/h1-37H/i6D,7D,8D,9D,10D,11D,12D,13D,24D. The van der Waals surface area contributed by atoms with Gasteiger partial charge in [0.15, 0.2) is 0 Å². The summed E-state index contributed by atoms with van der Waals surface area (Å²) in [5.74, 6) is 0. The highest BCUT2D eigenvalue weighted by atomic mass is 15.0. The van der Waals surface area contributed by atoms with Gasteiger partial charge in [-0.05, 0) is 140 Å². The van der Waals surface area contributed by atoms with E-state index in [0.717, 1.165) is 72.0 Å². The maximum Gasteiger partial charge on any atom is 0.0645 e. The normalized spacial score (nSPS) is 13.6. The first-order valence-corrected chi connectivity index (χ1v) is 18.1. The zero-order valence-electron chi connectivity index (χ0n) is 38.6. The summed E-state index contributed by atoms with van der Waals surface area (Å²) < 4.78 is 78.1. The monoisotopic (exact) mass is 708 g/mol. The van der Waals surface area contributed by atoms with E-state index in [-0.39, 0.29) is 48.3 Å². The summed E-state index contributed by atoms with van der Waals surface area (Å²) in [5.41, 5.74) is 12.1. The molecule has 0 saturated carbocycles. The van der Waals surface area contributed by atoms with Gasteiger partial charge in [-0.1, -0.05) is 151 Å². The van der Waals surface area contributed by atoms with E-state index in [4.69, 9.17) is 12.3 Å². The highest BCUT2D eigenvalue weighted by molar-refractivity contribution is 6.12. The van der Waals surface area contributed by atoms with Crippen LogP contribution in [-0.4, -0.2) is 4.57 Å². The van der Waals surface area contributed by atoms with Gasteiger partial charge in [0.25, 0.3) is 0 Å². The molecule has 0 spiro atoms. The van der Waals surface area contributed by atoms with E-state index in [1.807, 2.05) is 54.6 Å². The van der Waals surface area contributed by atoms with Crippen LogP contribution in [0, 0.1) is 0 Å². The molecule has 55 heavy (non-hydrogen) atoms. The zero-order valence-corrected chi connectivity index (χ0v) is 29.6. The first-order valence-electron chi connectivity index (χ1n) is 22.6. The molecule has 0 amide bonds. The van der Waals surface area contributed by atoms with E-state index in [0.29, 0.717) is 28.3 Å². The molecular formula is C54H37N. The Hall–Kier alpha value is -7.22. The minimum Gasteiger partial charge on any atom is -0.309 e. The van der Waals surface area contributed by atoms with Crippen molar-refractivity contribution in [2.75, 3.05) is 0 Å². The van der Waals surface area contributed by atoms with E-state index in [1.165, 1.54) is 24.3 Å². The molecule has 1 heterocycles. The van der Waals surface area contributed by atoms with Gasteiger partial charge in [0.05, 0.1) is 23.4 Å². The van der Waals surface area contributed by atoms with Gasteiger partial charge >= 0.3 is 0 Å². The summed E-state index contributed by atoms with van der Waals surface area (Å²) in [5, 5.41) is 1.87. The third-order valence-corrected chi connectivity index (χ3v) is 10.1. The molecule has 0 atom stereocenters. The second-order valence-electron chi connectivity index (χ2n) is 13.5. The Morgan fingerprint density at radius 3 is 0.964 bits per heavy atom. The van der Waals surface area contributed by atoms with Gasteiger partial charge in [-0.2, -0.15) is 0 Å². The maximum atomic E-state index is 8.97. The van der Waals surface area contributed by atoms with Crippen LogP contribution in [0.25, 0.3) is 94.3 Å². The Balaban J connectivity index is 1.22. The highest BCUT2D eigenvalue weighted by Crippen LogP contribution is 2.40. The third-order valence-electron chi connectivity index (χ3n) is 10.1. The van der Waals surface area contributed by atoms with Crippen LogP contribution < -0.4 is 0 Å². The molecule has 1 aromatic heterocycles. The van der Waals surface area contributed by atoms with Crippen LogP contribution in [0.3, 0.4) is 0 Å². The largest absolute Gasteiger partial charge is 0.309 e. The Labute approximate surface area is 334 Å². The molecule has 0 radical (unpaired) electrons. The van der Waals surface area contributed by atoms with Crippen LogP contribution in [0.5, 0.6) is 0 Å². The number of hydrogen-bond donors (Lipinski definition) is 0. The Morgan fingerprint density at radius 1 is 0.273 bits per heavy atom. The van der Waals surface area contributed by atoms with Crippen molar-refractivity contribution in [3.05, 3.63) is 224 Å². The predicted octanol–water partition coefficient (Wildman–Crippen LogP) is 14.8. The molecule has 0 fully saturated rings. The van der Waals surface area contributed by atoms with Crippen LogP contribution in [0.2, 0.25) is 0 Å². The fourth-order valence-corrected chi connectivity index (χ4v) is 7.50. The van der Waals surface area contributed by atoms with Gasteiger partial charge in [-0.15, -0.1) is 0 Å². The molecule has 0 bridgehead atoms. The number of hydrogen-bond acceptors (Lipinski definition) is 0. The van der Waals surface area contributed by atoms with E-state index in [1.54, 1.807) is 54.6 Å². The average Bonchev–Trinajstić information content (AvgIpc) is 3.57. The molecule has 1 nitrogen and oxygen atoms in total. The summed E-state index contributed by atoms with van der Waals surface area (Å²) in [7, 11) is 0. The number of nitrogens with zero attached hydrogens (tertiary/aromatic N) is 1. The molecule has 10 rings (SSSR count). The molecule has 0 aliphatic heterocycles. The van der Waals surface area contributed by atoms with Gasteiger partial charge in [0.2, 0.25) is 0 Å². The first kappa shape index (κ1) is 24.2. The van der Waals surface area contributed by atoms with Gasteiger partial charge in [-0.3, -0.25) is 0 Å². The van der Waals surface area contributed by atoms with Crippen molar-refractivity contribution in [3.63, 3.8) is 0 Å². The van der Waals surface area contributed by atoms with E-state index in [2.05, 4.69) is 41.0 Å². The fourth-order valence-electron chi connectivity index (χ4n) is 7.50. The minimum atomic E-state index is 0.227. The maximum absolute atomic E-state index is 8.97. The predicted molar refractivity (Wildman–Crippen MR) is 233 cm³/mol. The van der Waals surface area contributed by atoms with Gasteiger partial charge in [0.1, 0.15) is 0 Å². The first-order chi connectivity index (χ1) is 30.8. The Bertz CT molecular complexity index is 3090. The van der Waals surface area contributed by atoms with Crippen LogP contribution in [0.1, 0.15) is 12.3 Å². The summed E-state index contributed by atoms with van der Waals surface area (Å²) in [6, 6.07) is 54.3. The van der Waals surface area contributed by atoms with Crippen molar-refractivity contribution in [1.82, 2.24) is 4.57 Å². The zero-order chi connectivity index (χ0) is 44.4. The smallest absolute Gasteiger partial charge is 0.0645 e. The van der Waals surface area contributed by atoms with Crippen LogP contribution >= 0.6 is 0 Å². The Kier molecular flexibility index (Phi) is 6.14. The molecule has 10 aromatic rings. The Morgan fingerprint density at radius 2 is 0.618 bits per heavy atom. The third kappa shape index (κ3) is 6.22. The van der Waals surface area contributed by atoms with Crippen molar-refractivity contribution >= 4 is 21.8 Å². The molecule has 1 heteroatoms. The molecule has 9 aromatic carbocycles. The molecule has 0 aliphatic carbocycles. The number of rotatable bonds is 7. The second kappa shape index (κ2) is 14.0. The van der Waals surface area contributed by atoms with E-state index in [9.17, 15) is 0 Å². The van der Waals surface area contributed by atoms with Crippen molar-refractivity contribution in [1.29, 1.82) is 0 Å². The molecule has 0 N–H and O–H groups in total. The average molecular weight is 709 g/mol. The molecular weight excluding hydrogens is 663 g/mol. The summed E-state index contributed by atoms with van der Waals surface area (Å²) in [6.07, 6.45) is 0. The number of fused-ring (bicyclic) bond motifs is 3. The summed E-state index contributed by atoms with van der Waals surface area (Å²) >= 11 is 0. The number of para-hydroxylation sites is 1. The molecule has 0 aliphatic rings.